The highest BCUT2D eigenvalue weighted by atomic mass is 35.5. The third-order valence-electron chi connectivity index (χ3n) is 3.86. The van der Waals surface area contributed by atoms with Crippen molar-refractivity contribution in [3.8, 4) is 11.8 Å². The van der Waals surface area contributed by atoms with Crippen molar-refractivity contribution < 1.29 is 14.6 Å². The highest BCUT2D eigenvalue weighted by Gasteiger charge is 2.25. The fourth-order valence-electron chi connectivity index (χ4n) is 2.95. The second-order valence-electron chi connectivity index (χ2n) is 7.27. The monoisotopic (exact) mass is 411 g/mol. The normalized spacial score (nSPS) is 13.8. The summed E-state index contributed by atoms with van der Waals surface area (Å²) in [5, 5.41) is 21.7. The molecule has 2 heterocycles. The number of aryl methyl sites for hydroxylation is 1. The number of nitriles is 1. The molecule has 2 aromatic rings. The van der Waals surface area contributed by atoms with E-state index in [1.54, 1.807) is 26.8 Å². The molecule has 27 heavy (non-hydrogen) atoms. The average Bonchev–Trinajstić information content (AvgIpc) is 2.69. The molecule has 3 rings (SSSR count). The SMILES string of the molecule is CC(C)(C)O.Cn1c2c(c3c(OCC#N)cc(Cl)c(Cl)c31)CC(=O)NCC2. The molecule has 6 nitrogen and oxygen atoms in total. The maximum Gasteiger partial charge on any atom is 0.224 e. The molecule has 0 fully saturated rings. The third-order valence-corrected chi connectivity index (χ3v) is 4.64. The number of hydrogen-bond donors (Lipinski definition) is 2. The van der Waals surface area contributed by atoms with Crippen LogP contribution < -0.4 is 10.1 Å². The smallest absolute Gasteiger partial charge is 0.224 e. The minimum Gasteiger partial charge on any atom is -0.478 e. The molecule has 0 spiro atoms. The van der Waals surface area contributed by atoms with Gasteiger partial charge in [0.15, 0.2) is 6.61 Å². The summed E-state index contributed by atoms with van der Waals surface area (Å²) in [5.74, 6) is 0.445. The summed E-state index contributed by atoms with van der Waals surface area (Å²) in [6, 6.07) is 3.54. The first-order valence-corrected chi connectivity index (χ1v) is 9.27. The molecule has 1 aromatic heterocycles. The highest BCUT2D eigenvalue weighted by molar-refractivity contribution is 6.45. The molecule has 0 radical (unpaired) electrons. The summed E-state index contributed by atoms with van der Waals surface area (Å²) < 4.78 is 7.47. The Morgan fingerprint density at radius 1 is 1.41 bits per heavy atom. The number of rotatable bonds is 2. The van der Waals surface area contributed by atoms with Gasteiger partial charge in [0, 0.05) is 37.2 Å². The first-order valence-electron chi connectivity index (χ1n) is 8.51. The lowest BCUT2D eigenvalue weighted by Crippen LogP contribution is -2.24. The van der Waals surface area contributed by atoms with E-state index in [0.29, 0.717) is 28.8 Å². The number of nitrogens with zero attached hydrogens (tertiary/aromatic N) is 2. The molecule has 0 aliphatic carbocycles. The van der Waals surface area contributed by atoms with Crippen LogP contribution in [0.1, 0.15) is 32.0 Å². The summed E-state index contributed by atoms with van der Waals surface area (Å²) in [4.78, 5) is 11.9. The Bertz CT molecular complexity index is 902. The molecule has 0 saturated heterocycles. The molecule has 1 aliphatic rings. The molecule has 2 N–H and O–H groups in total. The molecule has 146 valence electrons. The highest BCUT2D eigenvalue weighted by Crippen LogP contribution is 2.42. The van der Waals surface area contributed by atoms with Crippen LogP contribution in [0.25, 0.3) is 10.9 Å². The van der Waals surface area contributed by atoms with Gasteiger partial charge in [-0.25, -0.2) is 0 Å². The summed E-state index contributed by atoms with van der Waals surface area (Å²) in [6.07, 6.45) is 0.964. The van der Waals surface area contributed by atoms with Gasteiger partial charge < -0.3 is 19.7 Å². The fraction of sp³-hybridized carbons (Fsp3) is 0.474. The van der Waals surface area contributed by atoms with Gasteiger partial charge in [-0.3, -0.25) is 4.79 Å². The number of ether oxygens (including phenoxy) is 1. The van der Waals surface area contributed by atoms with Crippen molar-refractivity contribution in [2.45, 2.75) is 39.2 Å². The first-order chi connectivity index (χ1) is 12.5. The van der Waals surface area contributed by atoms with Crippen molar-refractivity contribution in [2.24, 2.45) is 7.05 Å². The van der Waals surface area contributed by atoms with Crippen LogP contribution in [0, 0.1) is 11.3 Å². The minimum atomic E-state index is -0.500. The van der Waals surface area contributed by atoms with Crippen molar-refractivity contribution in [1.29, 1.82) is 5.26 Å². The molecule has 1 amide bonds. The second kappa shape index (κ2) is 8.39. The maximum absolute atomic E-state index is 11.9. The lowest BCUT2D eigenvalue weighted by Gasteiger charge is -2.09. The second-order valence-corrected chi connectivity index (χ2v) is 8.06. The number of hydrogen-bond acceptors (Lipinski definition) is 4. The minimum absolute atomic E-state index is 0.0384. The Labute approximate surface area is 168 Å². The molecule has 8 heteroatoms. The molecule has 0 bridgehead atoms. The van der Waals surface area contributed by atoms with Crippen LogP contribution in [-0.4, -0.2) is 34.3 Å². The van der Waals surface area contributed by atoms with Crippen LogP contribution in [0.2, 0.25) is 10.0 Å². The van der Waals surface area contributed by atoms with Gasteiger partial charge >= 0.3 is 0 Å². The van der Waals surface area contributed by atoms with E-state index in [-0.39, 0.29) is 18.9 Å². The zero-order valence-electron chi connectivity index (χ0n) is 15.8. The number of aliphatic hydroxyl groups is 1. The van der Waals surface area contributed by atoms with Crippen LogP contribution in [0.4, 0.5) is 0 Å². The number of halogens is 2. The Kier molecular flexibility index (Phi) is 6.63. The van der Waals surface area contributed by atoms with E-state index in [9.17, 15) is 4.79 Å². The zero-order chi connectivity index (χ0) is 20.4. The van der Waals surface area contributed by atoms with Crippen molar-refractivity contribution in [2.75, 3.05) is 13.2 Å². The topological polar surface area (TPSA) is 87.3 Å². The number of carbonyl (C=O) groups excluding carboxylic acids is 1. The maximum atomic E-state index is 11.9. The van der Waals surface area contributed by atoms with E-state index in [0.717, 1.165) is 22.2 Å². The summed E-state index contributed by atoms with van der Waals surface area (Å²) in [7, 11) is 1.90. The lowest BCUT2D eigenvalue weighted by molar-refractivity contribution is -0.120. The zero-order valence-corrected chi connectivity index (χ0v) is 17.3. The largest absolute Gasteiger partial charge is 0.478 e. The molecular formula is C19H23Cl2N3O3. The summed E-state index contributed by atoms with van der Waals surface area (Å²) in [5.41, 5.74) is 2.15. The number of benzene rings is 1. The Morgan fingerprint density at radius 2 is 2.04 bits per heavy atom. The average molecular weight is 412 g/mol. The van der Waals surface area contributed by atoms with E-state index >= 15 is 0 Å². The Morgan fingerprint density at radius 3 is 2.63 bits per heavy atom. The number of fused-ring (bicyclic) bond motifs is 3. The molecule has 1 aromatic carbocycles. The molecule has 1 aliphatic heterocycles. The van der Waals surface area contributed by atoms with Gasteiger partial charge in [-0.1, -0.05) is 23.2 Å². The molecule has 0 atom stereocenters. The van der Waals surface area contributed by atoms with E-state index in [2.05, 4.69) is 5.32 Å². The lowest BCUT2D eigenvalue weighted by atomic mass is 10.1. The predicted octanol–water partition coefficient (Wildman–Crippen LogP) is 3.38. The van der Waals surface area contributed by atoms with Gasteiger partial charge in [-0.2, -0.15) is 5.26 Å². The van der Waals surface area contributed by atoms with Gasteiger partial charge in [0.1, 0.15) is 11.8 Å². The number of nitrogens with one attached hydrogen (secondary N) is 1. The quantitative estimate of drug-likeness (QED) is 0.792. The van der Waals surface area contributed by atoms with Gasteiger partial charge in [0.25, 0.3) is 0 Å². The van der Waals surface area contributed by atoms with Crippen molar-refractivity contribution in [3.63, 3.8) is 0 Å². The van der Waals surface area contributed by atoms with Crippen LogP contribution in [0.3, 0.4) is 0 Å². The predicted molar refractivity (Wildman–Crippen MR) is 106 cm³/mol. The van der Waals surface area contributed by atoms with Gasteiger partial charge in [-0.05, 0) is 26.3 Å². The van der Waals surface area contributed by atoms with Crippen LogP contribution in [-0.2, 0) is 24.7 Å². The Balaban J connectivity index is 0.000000465. The van der Waals surface area contributed by atoms with Gasteiger partial charge in [-0.15, -0.1) is 0 Å². The van der Waals surface area contributed by atoms with Gasteiger partial charge in [0.05, 0.1) is 27.6 Å². The van der Waals surface area contributed by atoms with Gasteiger partial charge in [0.2, 0.25) is 5.91 Å². The van der Waals surface area contributed by atoms with Crippen LogP contribution >= 0.6 is 23.2 Å². The van der Waals surface area contributed by atoms with E-state index in [4.69, 9.17) is 38.3 Å². The number of carbonyl (C=O) groups is 1. The fourth-order valence-corrected chi connectivity index (χ4v) is 3.42. The Hall–Kier alpha value is -1.94. The van der Waals surface area contributed by atoms with Crippen LogP contribution in [0.5, 0.6) is 5.75 Å². The van der Waals surface area contributed by atoms with E-state index < -0.39 is 5.60 Å². The van der Waals surface area contributed by atoms with E-state index in [1.165, 1.54) is 0 Å². The van der Waals surface area contributed by atoms with Crippen molar-refractivity contribution in [1.82, 2.24) is 9.88 Å². The molecule has 0 unspecified atom stereocenters. The number of aromatic nitrogens is 1. The number of amides is 1. The van der Waals surface area contributed by atoms with Crippen LogP contribution in [0.15, 0.2) is 6.07 Å². The molecular weight excluding hydrogens is 389 g/mol. The third kappa shape index (κ3) is 5.07. The summed E-state index contributed by atoms with van der Waals surface area (Å²) in [6.45, 7) is 5.71. The van der Waals surface area contributed by atoms with Crippen molar-refractivity contribution in [3.05, 3.63) is 27.4 Å². The standard InChI is InChI=1S/C15H13Cl2N3O2.C4H10O/c1-20-10-2-4-19-12(21)6-8(10)13-11(22-5-3-18)7-9(16)14(17)15(13)20;1-4(2,3)5/h7H,2,4-6H2,1H3,(H,19,21);5H,1-3H3. The molecule has 0 saturated carbocycles. The van der Waals surface area contributed by atoms with Crippen molar-refractivity contribution >= 4 is 40.0 Å². The summed E-state index contributed by atoms with van der Waals surface area (Å²) >= 11 is 12.5. The van der Waals surface area contributed by atoms with E-state index in [1.807, 2.05) is 17.7 Å². The first kappa shape index (κ1) is 21.4.